The number of aliphatic hydroxyl groups is 1. The third-order valence-corrected chi connectivity index (χ3v) is 3.96. The van der Waals surface area contributed by atoms with Crippen LogP contribution in [0.4, 0.5) is 0 Å². The Labute approximate surface area is 115 Å². The van der Waals surface area contributed by atoms with Crippen molar-refractivity contribution in [2.75, 3.05) is 0 Å². The number of hydrogen-bond acceptors (Lipinski definition) is 3. The summed E-state index contributed by atoms with van der Waals surface area (Å²) in [6.45, 7) is 0.532. The van der Waals surface area contributed by atoms with Gasteiger partial charge in [-0.05, 0) is 28.3 Å². The van der Waals surface area contributed by atoms with Crippen LogP contribution in [0.15, 0.2) is 53.9 Å². The molecule has 3 aromatic rings. The highest BCUT2D eigenvalue weighted by atomic mass is 32.1. The van der Waals surface area contributed by atoms with Gasteiger partial charge in [0.2, 0.25) is 0 Å². The van der Waals surface area contributed by atoms with Crippen LogP contribution < -0.4 is 4.74 Å². The molecule has 1 N–H and O–H groups in total. The first-order valence-electron chi connectivity index (χ1n) is 6.15. The normalized spacial score (nSPS) is 10.8. The Morgan fingerprint density at radius 1 is 1.00 bits per heavy atom. The van der Waals surface area contributed by atoms with E-state index < -0.39 is 0 Å². The standard InChI is InChI=1S/C16H14O2S/c17-10-15-14-6-2-1-4-12(14)7-8-16(15)18-11-13-5-3-9-19-13/h1-9,17H,10-11H2. The predicted octanol–water partition coefficient (Wildman–Crippen LogP) is 3.97. The van der Waals surface area contributed by atoms with Crippen molar-refractivity contribution in [3.8, 4) is 5.75 Å². The van der Waals surface area contributed by atoms with Crippen molar-refractivity contribution >= 4 is 22.1 Å². The van der Waals surface area contributed by atoms with Crippen LogP contribution in [0.2, 0.25) is 0 Å². The second-order valence-corrected chi connectivity index (χ2v) is 5.32. The van der Waals surface area contributed by atoms with Crippen LogP contribution in [0, 0.1) is 0 Å². The molecule has 96 valence electrons. The summed E-state index contributed by atoms with van der Waals surface area (Å²) < 4.78 is 5.83. The van der Waals surface area contributed by atoms with Gasteiger partial charge in [0, 0.05) is 10.4 Å². The van der Waals surface area contributed by atoms with Gasteiger partial charge in [-0.15, -0.1) is 11.3 Å². The van der Waals surface area contributed by atoms with E-state index in [0.717, 1.165) is 22.1 Å². The lowest BCUT2D eigenvalue weighted by Crippen LogP contribution is -1.98. The summed E-state index contributed by atoms with van der Waals surface area (Å²) >= 11 is 1.67. The van der Waals surface area contributed by atoms with E-state index in [-0.39, 0.29) is 6.61 Å². The maximum absolute atomic E-state index is 9.60. The van der Waals surface area contributed by atoms with Crippen LogP contribution >= 0.6 is 11.3 Å². The second kappa shape index (κ2) is 5.43. The monoisotopic (exact) mass is 270 g/mol. The number of benzene rings is 2. The summed E-state index contributed by atoms with van der Waals surface area (Å²) in [6.07, 6.45) is 0. The van der Waals surface area contributed by atoms with Gasteiger partial charge in [0.15, 0.2) is 0 Å². The van der Waals surface area contributed by atoms with Crippen molar-refractivity contribution < 1.29 is 9.84 Å². The van der Waals surface area contributed by atoms with Gasteiger partial charge in [0.05, 0.1) is 6.61 Å². The minimum absolute atomic E-state index is 0.0128. The number of aliphatic hydroxyl groups excluding tert-OH is 1. The highest BCUT2D eigenvalue weighted by Crippen LogP contribution is 2.29. The predicted molar refractivity (Wildman–Crippen MR) is 78.5 cm³/mol. The lowest BCUT2D eigenvalue weighted by molar-refractivity contribution is 0.262. The van der Waals surface area contributed by atoms with E-state index in [4.69, 9.17) is 4.74 Å². The molecule has 2 aromatic carbocycles. The first-order valence-corrected chi connectivity index (χ1v) is 7.03. The molecule has 19 heavy (non-hydrogen) atoms. The fourth-order valence-corrected chi connectivity index (χ4v) is 2.77. The Kier molecular flexibility index (Phi) is 3.49. The smallest absolute Gasteiger partial charge is 0.126 e. The number of thiophene rings is 1. The second-order valence-electron chi connectivity index (χ2n) is 4.29. The average Bonchev–Trinajstić information content (AvgIpc) is 2.97. The summed E-state index contributed by atoms with van der Waals surface area (Å²) in [5, 5.41) is 13.8. The van der Waals surface area contributed by atoms with E-state index in [2.05, 4.69) is 0 Å². The Balaban J connectivity index is 1.94. The molecular weight excluding hydrogens is 256 g/mol. The van der Waals surface area contributed by atoms with Gasteiger partial charge in [-0.2, -0.15) is 0 Å². The van der Waals surface area contributed by atoms with Crippen LogP contribution in [0.5, 0.6) is 5.75 Å². The number of rotatable bonds is 4. The van der Waals surface area contributed by atoms with Crippen LogP contribution in [0.1, 0.15) is 10.4 Å². The van der Waals surface area contributed by atoms with Gasteiger partial charge in [-0.25, -0.2) is 0 Å². The Bertz CT molecular complexity index is 674. The quantitative estimate of drug-likeness (QED) is 0.777. The molecule has 0 unspecified atom stereocenters. The van der Waals surface area contributed by atoms with Crippen LogP contribution in [-0.4, -0.2) is 5.11 Å². The molecule has 0 aliphatic rings. The van der Waals surface area contributed by atoms with Crippen molar-refractivity contribution in [1.82, 2.24) is 0 Å². The third-order valence-electron chi connectivity index (χ3n) is 3.11. The summed E-state index contributed by atoms with van der Waals surface area (Å²) in [7, 11) is 0. The van der Waals surface area contributed by atoms with Gasteiger partial charge in [-0.3, -0.25) is 0 Å². The number of fused-ring (bicyclic) bond motifs is 1. The van der Waals surface area contributed by atoms with Gasteiger partial charge in [0.25, 0.3) is 0 Å². The Hall–Kier alpha value is -1.84. The lowest BCUT2D eigenvalue weighted by atomic mass is 10.0. The molecule has 0 spiro atoms. The topological polar surface area (TPSA) is 29.5 Å². The average molecular weight is 270 g/mol. The summed E-state index contributed by atoms with van der Waals surface area (Å²) in [5.74, 6) is 0.759. The summed E-state index contributed by atoms with van der Waals surface area (Å²) in [6, 6.07) is 16.0. The molecule has 0 radical (unpaired) electrons. The van der Waals surface area contributed by atoms with Crippen LogP contribution in [-0.2, 0) is 13.2 Å². The van der Waals surface area contributed by atoms with Crippen molar-refractivity contribution in [2.45, 2.75) is 13.2 Å². The first-order chi connectivity index (χ1) is 9.38. The Morgan fingerprint density at radius 2 is 1.89 bits per heavy atom. The molecule has 3 rings (SSSR count). The zero-order valence-corrected chi connectivity index (χ0v) is 11.2. The minimum atomic E-state index is -0.0128. The summed E-state index contributed by atoms with van der Waals surface area (Å²) in [5.41, 5.74) is 0.856. The maximum atomic E-state index is 9.60. The molecule has 0 amide bonds. The SMILES string of the molecule is OCc1c(OCc2cccs2)ccc2ccccc12. The molecular formula is C16H14O2S. The molecule has 3 heteroatoms. The van der Waals surface area contributed by atoms with Gasteiger partial charge in [0.1, 0.15) is 12.4 Å². The molecule has 0 atom stereocenters. The van der Waals surface area contributed by atoms with E-state index in [1.807, 2.05) is 53.9 Å². The fraction of sp³-hybridized carbons (Fsp3) is 0.125. The van der Waals surface area contributed by atoms with Crippen molar-refractivity contribution in [2.24, 2.45) is 0 Å². The highest BCUT2D eigenvalue weighted by Gasteiger charge is 2.08. The fourth-order valence-electron chi connectivity index (χ4n) is 2.16. The molecule has 0 saturated heterocycles. The number of hydrogen-bond donors (Lipinski definition) is 1. The zero-order valence-electron chi connectivity index (χ0n) is 10.4. The molecule has 2 nitrogen and oxygen atoms in total. The van der Waals surface area contributed by atoms with E-state index in [9.17, 15) is 5.11 Å². The van der Waals surface area contributed by atoms with E-state index in [1.165, 1.54) is 4.88 Å². The van der Waals surface area contributed by atoms with Crippen molar-refractivity contribution in [1.29, 1.82) is 0 Å². The van der Waals surface area contributed by atoms with Crippen molar-refractivity contribution in [3.05, 3.63) is 64.4 Å². The Morgan fingerprint density at radius 3 is 2.68 bits per heavy atom. The van der Waals surface area contributed by atoms with Crippen LogP contribution in [0.25, 0.3) is 10.8 Å². The van der Waals surface area contributed by atoms with Gasteiger partial charge >= 0.3 is 0 Å². The lowest BCUT2D eigenvalue weighted by Gasteiger charge is -2.12. The highest BCUT2D eigenvalue weighted by molar-refractivity contribution is 7.09. The first kappa shape index (κ1) is 12.2. The molecule has 0 fully saturated rings. The molecule has 1 heterocycles. The largest absolute Gasteiger partial charge is 0.488 e. The van der Waals surface area contributed by atoms with Gasteiger partial charge in [-0.1, -0.05) is 36.4 Å². The van der Waals surface area contributed by atoms with Crippen molar-refractivity contribution in [3.63, 3.8) is 0 Å². The zero-order chi connectivity index (χ0) is 13.1. The molecule has 0 saturated carbocycles. The van der Waals surface area contributed by atoms with E-state index in [1.54, 1.807) is 11.3 Å². The molecule has 0 aliphatic heterocycles. The maximum Gasteiger partial charge on any atom is 0.126 e. The molecule has 0 bridgehead atoms. The minimum Gasteiger partial charge on any atom is -0.488 e. The summed E-state index contributed by atoms with van der Waals surface area (Å²) in [4.78, 5) is 1.18. The van der Waals surface area contributed by atoms with Crippen LogP contribution in [0.3, 0.4) is 0 Å². The van der Waals surface area contributed by atoms with Gasteiger partial charge < -0.3 is 9.84 Å². The van der Waals surface area contributed by atoms with E-state index in [0.29, 0.717) is 6.61 Å². The third kappa shape index (κ3) is 2.48. The van der Waals surface area contributed by atoms with E-state index >= 15 is 0 Å². The molecule has 0 aliphatic carbocycles. The molecule has 1 aromatic heterocycles. The number of ether oxygens (including phenoxy) is 1.